The Bertz CT molecular complexity index is 1430. The van der Waals surface area contributed by atoms with E-state index < -0.39 is 0 Å². The molecule has 1 aliphatic carbocycles. The number of carbonyl (C=O) groups excluding carboxylic acids is 2. The fourth-order valence-corrected chi connectivity index (χ4v) is 4.93. The van der Waals surface area contributed by atoms with Gasteiger partial charge in [-0.1, -0.05) is 57.2 Å². The molecule has 3 aliphatic rings. The molecule has 1 fully saturated rings. The van der Waals surface area contributed by atoms with Crippen molar-refractivity contribution in [1.29, 1.82) is 0 Å². The predicted molar refractivity (Wildman–Crippen MR) is 161 cm³/mol. The van der Waals surface area contributed by atoms with Crippen molar-refractivity contribution in [2.75, 3.05) is 6.54 Å². The Morgan fingerprint density at radius 2 is 1.82 bits per heavy atom. The zero-order valence-corrected chi connectivity index (χ0v) is 23.8. The maximum absolute atomic E-state index is 12.6. The number of nitrogens with two attached hydrogens (primary N) is 1. The summed E-state index contributed by atoms with van der Waals surface area (Å²) in [5, 5.41) is 6.66. The van der Waals surface area contributed by atoms with Crippen LogP contribution in [0.3, 0.4) is 0 Å². The van der Waals surface area contributed by atoms with E-state index in [2.05, 4.69) is 60.7 Å². The number of nitrogens with zero attached hydrogens (tertiary/aromatic N) is 2. The van der Waals surface area contributed by atoms with E-state index >= 15 is 0 Å². The van der Waals surface area contributed by atoms with Gasteiger partial charge in [-0.15, -0.1) is 0 Å². The number of aliphatic imine (C=N–C) groups is 1. The number of benzene rings is 2. The van der Waals surface area contributed by atoms with Crippen LogP contribution in [0.5, 0.6) is 0 Å². The number of carbonyl (C=O) groups is 2. The van der Waals surface area contributed by atoms with Crippen LogP contribution in [-0.4, -0.2) is 35.1 Å². The Morgan fingerprint density at radius 3 is 2.50 bits per heavy atom. The molecule has 5 rings (SSSR count). The van der Waals surface area contributed by atoms with Crippen LogP contribution in [0.2, 0.25) is 0 Å². The van der Waals surface area contributed by atoms with Crippen molar-refractivity contribution in [3.05, 3.63) is 94.3 Å². The molecule has 2 amide bonds. The van der Waals surface area contributed by atoms with E-state index in [1.807, 2.05) is 43.3 Å². The molecule has 4 N–H and O–H groups in total. The van der Waals surface area contributed by atoms with Crippen molar-refractivity contribution in [3.8, 4) is 0 Å². The quantitative estimate of drug-likeness (QED) is 0.434. The van der Waals surface area contributed by atoms with E-state index in [-0.39, 0.29) is 18.2 Å². The Kier molecular flexibility index (Phi) is 7.92. The molecule has 1 saturated carbocycles. The lowest BCUT2D eigenvalue weighted by molar-refractivity contribution is -0.117. The van der Waals surface area contributed by atoms with E-state index in [0.29, 0.717) is 30.0 Å². The summed E-state index contributed by atoms with van der Waals surface area (Å²) >= 11 is 0. The molecule has 7 nitrogen and oxygen atoms in total. The Hall–Kier alpha value is -4.13. The third-order valence-electron chi connectivity index (χ3n) is 7.39. The third-order valence-corrected chi connectivity index (χ3v) is 7.39. The van der Waals surface area contributed by atoms with Crippen LogP contribution in [0.1, 0.15) is 72.6 Å². The second kappa shape index (κ2) is 11.5. The van der Waals surface area contributed by atoms with Gasteiger partial charge in [-0.05, 0) is 78.5 Å². The molecule has 0 spiro atoms. The fourth-order valence-electron chi connectivity index (χ4n) is 4.93. The maximum atomic E-state index is 12.6. The fraction of sp³-hybridized carbons (Fsp3) is 0.364. The molecule has 2 aliphatic heterocycles. The van der Waals surface area contributed by atoms with Gasteiger partial charge in [0.15, 0.2) is 0 Å². The Balaban J connectivity index is 1.56. The van der Waals surface area contributed by atoms with Crippen LogP contribution < -0.4 is 16.4 Å². The van der Waals surface area contributed by atoms with Crippen LogP contribution in [0.25, 0.3) is 11.4 Å². The van der Waals surface area contributed by atoms with E-state index in [0.717, 1.165) is 64.4 Å². The van der Waals surface area contributed by atoms with Gasteiger partial charge in [-0.2, -0.15) is 0 Å². The SMILES string of the molecule is Cc1ccc(C2=CN3C(=CCC(C)C=C3c3ccc(C(=O)NC4CC4)cc3)C(=NCC(C)C)N2)cc1CC(N)=O. The van der Waals surface area contributed by atoms with E-state index in [1.165, 1.54) is 0 Å². The summed E-state index contributed by atoms with van der Waals surface area (Å²) in [5.74, 6) is 1.18. The van der Waals surface area contributed by atoms with Gasteiger partial charge in [0.2, 0.25) is 5.91 Å². The monoisotopic (exact) mass is 537 g/mol. The Labute approximate surface area is 236 Å². The topological polar surface area (TPSA) is 99.8 Å². The van der Waals surface area contributed by atoms with Gasteiger partial charge in [0.1, 0.15) is 5.84 Å². The van der Waals surface area contributed by atoms with Gasteiger partial charge in [-0.3, -0.25) is 14.6 Å². The molecule has 2 heterocycles. The molecule has 1 atom stereocenters. The molecule has 0 radical (unpaired) electrons. The second-order valence-electron chi connectivity index (χ2n) is 11.6. The minimum absolute atomic E-state index is 0.0172. The van der Waals surface area contributed by atoms with Gasteiger partial charge >= 0.3 is 0 Å². The molecule has 1 unspecified atom stereocenters. The van der Waals surface area contributed by atoms with E-state index in [4.69, 9.17) is 10.7 Å². The zero-order valence-electron chi connectivity index (χ0n) is 23.8. The second-order valence-corrected chi connectivity index (χ2v) is 11.6. The number of aryl methyl sites for hydroxylation is 1. The number of allylic oxidation sites excluding steroid dienone is 2. The summed E-state index contributed by atoms with van der Waals surface area (Å²) in [6.45, 7) is 9.22. The molecule has 2 aromatic carbocycles. The van der Waals surface area contributed by atoms with Crippen LogP contribution in [0.15, 0.2) is 71.5 Å². The predicted octanol–water partition coefficient (Wildman–Crippen LogP) is 5.14. The van der Waals surface area contributed by atoms with E-state index in [9.17, 15) is 9.59 Å². The first-order valence-corrected chi connectivity index (χ1v) is 14.2. The van der Waals surface area contributed by atoms with Crippen molar-refractivity contribution < 1.29 is 9.59 Å². The van der Waals surface area contributed by atoms with Crippen molar-refractivity contribution in [1.82, 2.24) is 15.5 Å². The van der Waals surface area contributed by atoms with Crippen molar-refractivity contribution >= 4 is 29.0 Å². The number of fused-ring (bicyclic) bond motifs is 1. The highest BCUT2D eigenvalue weighted by atomic mass is 16.2. The minimum atomic E-state index is -0.351. The van der Waals surface area contributed by atoms with Crippen molar-refractivity contribution in [2.45, 2.75) is 59.4 Å². The summed E-state index contributed by atoms with van der Waals surface area (Å²) in [6, 6.07) is 14.3. The number of primary amides is 1. The first-order chi connectivity index (χ1) is 19.2. The lowest BCUT2D eigenvalue weighted by Gasteiger charge is -2.33. The highest BCUT2D eigenvalue weighted by Gasteiger charge is 2.29. The molecule has 0 aromatic heterocycles. The number of amidine groups is 1. The molecule has 208 valence electrons. The molecule has 0 saturated heterocycles. The number of hydrogen-bond acceptors (Lipinski definition) is 4. The average Bonchev–Trinajstić information content (AvgIpc) is 3.75. The molecular formula is C33H39N5O2. The number of hydrogen-bond donors (Lipinski definition) is 3. The number of amides is 2. The van der Waals surface area contributed by atoms with Crippen LogP contribution in [0, 0.1) is 18.8 Å². The van der Waals surface area contributed by atoms with Gasteiger partial charge in [-0.25, -0.2) is 0 Å². The van der Waals surface area contributed by atoms with Gasteiger partial charge in [0.25, 0.3) is 5.91 Å². The lowest BCUT2D eigenvalue weighted by atomic mass is 9.99. The summed E-state index contributed by atoms with van der Waals surface area (Å²) in [6.07, 6.45) is 9.85. The summed E-state index contributed by atoms with van der Waals surface area (Å²) in [5.41, 5.74) is 13.1. The molecular weight excluding hydrogens is 498 g/mol. The van der Waals surface area contributed by atoms with Crippen molar-refractivity contribution in [3.63, 3.8) is 0 Å². The van der Waals surface area contributed by atoms with Gasteiger partial charge in [0.05, 0.1) is 17.8 Å². The normalized spacial score (nSPS) is 19.7. The average molecular weight is 538 g/mol. The zero-order chi connectivity index (χ0) is 28.4. The number of rotatable bonds is 8. The van der Waals surface area contributed by atoms with Crippen LogP contribution >= 0.6 is 0 Å². The summed E-state index contributed by atoms with van der Waals surface area (Å²) in [7, 11) is 0. The first-order valence-electron chi connectivity index (χ1n) is 14.2. The number of nitrogens with one attached hydrogen (secondary N) is 2. The highest BCUT2D eigenvalue weighted by molar-refractivity contribution is 6.06. The third kappa shape index (κ3) is 6.36. The molecule has 2 aromatic rings. The lowest BCUT2D eigenvalue weighted by Crippen LogP contribution is -2.37. The standard InChI is InChI=1S/C33H39N5O2/c1-20(2)18-35-32-29-14-5-21(3)15-30(23-8-10-24(11-9-23)33(40)36-27-12-13-27)38(29)19-28(37-32)25-7-6-22(4)26(16-25)17-31(34)39/h6-11,14-16,19-21,27H,5,12-13,17-18H2,1-4H3,(H2,34,39)(H,35,37)(H,36,40). The smallest absolute Gasteiger partial charge is 0.251 e. The Morgan fingerprint density at radius 1 is 1.10 bits per heavy atom. The van der Waals surface area contributed by atoms with Crippen LogP contribution in [0.4, 0.5) is 0 Å². The van der Waals surface area contributed by atoms with Crippen LogP contribution in [-0.2, 0) is 11.2 Å². The first kappa shape index (κ1) is 27.4. The molecule has 0 bridgehead atoms. The highest BCUT2D eigenvalue weighted by Crippen LogP contribution is 2.35. The van der Waals surface area contributed by atoms with Gasteiger partial charge in [0, 0.05) is 30.0 Å². The van der Waals surface area contributed by atoms with Crippen molar-refractivity contribution in [2.24, 2.45) is 22.6 Å². The molecule has 40 heavy (non-hydrogen) atoms. The minimum Gasteiger partial charge on any atom is -0.369 e. The summed E-state index contributed by atoms with van der Waals surface area (Å²) < 4.78 is 0. The molecule has 7 heteroatoms. The summed E-state index contributed by atoms with van der Waals surface area (Å²) in [4.78, 5) is 31.5. The van der Waals surface area contributed by atoms with Gasteiger partial charge < -0.3 is 21.3 Å². The maximum Gasteiger partial charge on any atom is 0.251 e. The largest absolute Gasteiger partial charge is 0.369 e. The van der Waals surface area contributed by atoms with E-state index in [1.54, 1.807) is 0 Å².